The first kappa shape index (κ1) is 11.0. The molecule has 0 aliphatic carbocycles. The molecular formula is C12H15N5O. The number of imidazole rings is 1. The van der Waals surface area contributed by atoms with Crippen LogP contribution in [0.25, 0.3) is 11.0 Å². The molecule has 18 heavy (non-hydrogen) atoms. The van der Waals surface area contributed by atoms with Gasteiger partial charge in [0.05, 0.1) is 17.6 Å². The van der Waals surface area contributed by atoms with E-state index in [4.69, 9.17) is 5.21 Å². The molecule has 0 unspecified atom stereocenters. The number of oxime groups is 1. The summed E-state index contributed by atoms with van der Waals surface area (Å²) in [7, 11) is 1.98. The van der Waals surface area contributed by atoms with E-state index in [1.54, 1.807) is 6.33 Å². The number of pyridine rings is 1. The Labute approximate surface area is 105 Å². The zero-order chi connectivity index (χ0) is 12.5. The Hall–Kier alpha value is -2.11. The lowest BCUT2D eigenvalue weighted by molar-refractivity contribution is 0.315. The molecule has 0 radical (unpaired) electrons. The Kier molecular flexibility index (Phi) is 2.62. The van der Waals surface area contributed by atoms with Gasteiger partial charge in [-0.15, -0.1) is 0 Å². The zero-order valence-corrected chi connectivity index (χ0v) is 10.2. The highest BCUT2D eigenvalue weighted by Gasteiger charge is 2.19. The SMILES string of the molecule is Cn1cnc2c(N3CCC(=NO)CC3)nccc21. The Bertz CT molecular complexity index is 594. The number of aryl methyl sites for hydroxylation is 1. The van der Waals surface area contributed by atoms with Crippen molar-refractivity contribution in [1.29, 1.82) is 0 Å². The van der Waals surface area contributed by atoms with Gasteiger partial charge in [0.25, 0.3) is 0 Å². The molecular weight excluding hydrogens is 230 g/mol. The second-order valence-corrected chi connectivity index (χ2v) is 4.51. The Morgan fingerprint density at radius 3 is 2.78 bits per heavy atom. The van der Waals surface area contributed by atoms with E-state index in [0.29, 0.717) is 0 Å². The van der Waals surface area contributed by atoms with E-state index >= 15 is 0 Å². The number of hydrogen-bond acceptors (Lipinski definition) is 5. The van der Waals surface area contributed by atoms with Crippen LogP contribution in [0.15, 0.2) is 23.7 Å². The second kappa shape index (κ2) is 4.29. The van der Waals surface area contributed by atoms with Crippen molar-refractivity contribution in [2.45, 2.75) is 12.8 Å². The first-order valence-corrected chi connectivity index (χ1v) is 6.00. The number of nitrogens with zero attached hydrogens (tertiary/aromatic N) is 5. The first-order valence-electron chi connectivity index (χ1n) is 6.00. The summed E-state index contributed by atoms with van der Waals surface area (Å²) in [6.07, 6.45) is 5.18. The summed E-state index contributed by atoms with van der Waals surface area (Å²) >= 11 is 0. The van der Waals surface area contributed by atoms with Crippen LogP contribution in [0.5, 0.6) is 0 Å². The van der Waals surface area contributed by atoms with Crippen LogP contribution in [0.3, 0.4) is 0 Å². The van der Waals surface area contributed by atoms with Crippen molar-refractivity contribution >= 4 is 22.6 Å². The van der Waals surface area contributed by atoms with Crippen LogP contribution in [0.2, 0.25) is 0 Å². The minimum absolute atomic E-state index is 0.779. The van der Waals surface area contributed by atoms with E-state index in [-0.39, 0.29) is 0 Å². The molecule has 2 aromatic heterocycles. The van der Waals surface area contributed by atoms with Crippen molar-refractivity contribution in [3.8, 4) is 0 Å². The third-order valence-electron chi connectivity index (χ3n) is 3.41. The van der Waals surface area contributed by atoms with Gasteiger partial charge in [0.1, 0.15) is 5.52 Å². The van der Waals surface area contributed by atoms with Crippen molar-refractivity contribution in [1.82, 2.24) is 14.5 Å². The van der Waals surface area contributed by atoms with E-state index < -0.39 is 0 Å². The minimum Gasteiger partial charge on any atom is -0.411 e. The molecule has 0 spiro atoms. The molecule has 0 atom stereocenters. The number of piperidine rings is 1. The maximum absolute atomic E-state index is 8.76. The van der Waals surface area contributed by atoms with Gasteiger partial charge in [0.2, 0.25) is 0 Å². The van der Waals surface area contributed by atoms with E-state index in [2.05, 4.69) is 20.0 Å². The van der Waals surface area contributed by atoms with E-state index in [1.165, 1.54) is 0 Å². The summed E-state index contributed by atoms with van der Waals surface area (Å²) in [5, 5.41) is 12.1. The van der Waals surface area contributed by atoms with Crippen molar-refractivity contribution in [2.24, 2.45) is 12.2 Å². The highest BCUT2D eigenvalue weighted by atomic mass is 16.4. The van der Waals surface area contributed by atoms with Gasteiger partial charge in [-0.25, -0.2) is 9.97 Å². The number of rotatable bonds is 1. The maximum atomic E-state index is 8.76. The normalized spacial score (nSPS) is 16.3. The van der Waals surface area contributed by atoms with Crippen molar-refractivity contribution < 1.29 is 5.21 Å². The topological polar surface area (TPSA) is 66.5 Å². The fourth-order valence-electron chi connectivity index (χ4n) is 2.36. The fourth-order valence-corrected chi connectivity index (χ4v) is 2.36. The van der Waals surface area contributed by atoms with Crippen LogP contribution in [0.4, 0.5) is 5.82 Å². The van der Waals surface area contributed by atoms with Gasteiger partial charge in [0, 0.05) is 39.2 Å². The Balaban J connectivity index is 1.95. The van der Waals surface area contributed by atoms with Gasteiger partial charge in [-0.3, -0.25) is 0 Å². The predicted molar refractivity (Wildman–Crippen MR) is 69.2 cm³/mol. The van der Waals surface area contributed by atoms with Crippen LogP contribution in [-0.4, -0.2) is 38.5 Å². The number of hydrogen-bond donors (Lipinski definition) is 1. The van der Waals surface area contributed by atoms with E-state index in [9.17, 15) is 0 Å². The molecule has 0 saturated carbocycles. The van der Waals surface area contributed by atoms with Gasteiger partial charge < -0.3 is 14.7 Å². The van der Waals surface area contributed by atoms with Crippen molar-refractivity contribution in [2.75, 3.05) is 18.0 Å². The summed E-state index contributed by atoms with van der Waals surface area (Å²) in [5.74, 6) is 0.921. The monoisotopic (exact) mass is 245 g/mol. The summed E-state index contributed by atoms with van der Waals surface area (Å²) in [6.45, 7) is 1.64. The van der Waals surface area contributed by atoms with Gasteiger partial charge >= 0.3 is 0 Å². The average Bonchev–Trinajstić information content (AvgIpc) is 2.81. The lowest BCUT2D eigenvalue weighted by Gasteiger charge is -2.28. The minimum atomic E-state index is 0.779. The summed E-state index contributed by atoms with van der Waals surface area (Å²) in [6, 6.07) is 1.97. The van der Waals surface area contributed by atoms with Crippen LogP contribution < -0.4 is 4.90 Å². The highest BCUT2D eigenvalue weighted by molar-refractivity contribution is 5.89. The molecule has 0 bridgehead atoms. The van der Waals surface area contributed by atoms with Crippen molar-refractivity contribution in [3.63, 3.8) is 0 Å². The molecule has 2 aromatic rings. The van der Waals surface area contributed by atoms with Crippen LogP contribution in [0, 0.1) is 0 Å². The summed E-state index contributed by atoms with van der Waals surface area (Å²) < 4.78 is 1.99. The molecule has 1 N–H and O–H groups in total. The van der Waals surface area contributed by atoms with Gasteiger partial charge in [-0.1, -0.05) is 5.16 Å². The molecule has 1 aliphatic heterocycles. The lowest BCUT2D eigenvalue weighted by atomic mass is 10.1. The number of aromatic nitrogens is 3. The van der Waals surface area contributed by atoms with Gasteiger partial charge in [-0.05, 0) is 6.07 Å². The summed E-state index contributed by atoms with van der Waals surface area (Å²) in [5.41, 5.74) is 2.88. The molecule has 1 saturated heterocycles. The first-order chi connectivity index (χ1) is 8.79. The molecule has 6 nitrogen and oxygen atoms in total. The molecule has 94 valence electrons. The molecule has 1 fully saturated rings. The van der Waals surface area contributed by atoms with Gasteiger partial charge in [0.15, 0.2) is 5.82 Å². The Morgan fingerprint density at radius 2 is 2.06 bits per heavy atom. The molecule has 1 aliphatic rings. The zero-order valence-electron chi connectivity index (χ0n) is 10.2. The Morgan fingerprint density at radius 1 is 1.28 bits per heavy atom. The standard InChI is InChI=1S/C12H15N5O/c1-16-8-14-11-10(16)2-5-13-12(11)17-6-3-9(15-18)4-7-17/h2,5,8,18H,3-4,6-7H2,1H3. The van der Waals surface area contributed by atoms with E-state index in [1.807, 2.05) is 23.9 Å². The molecule has 0 amide bonds. The van der Waals surface area contributed by atoms with Crippen LogP contribution >= 0.6 is 0 Å². The smallest absolute Gasteiger partial charge is 0.156 e. The molecule has 3 heterocycles. The lowest BCUT2D eigenvalue weighted by Crippen LogP contribution is -2.34. The quantitative estimate of drug-likeness (QED) is 0.609. The predicted octanol–water partition coefficient (Wildman–Crippen LogP) is 1.40. The van der Waals surface area contributed by atoms with Crippen molar-refractivity contribution in [3.05, 3.63) is 18.6 Å². The third kappa shape index (κ3) is 1.70. The summed E-state index contributed by atoms with van der Waals surface area (Å²) in [4.78, 5) is 11.1. The average molecular weight is 245 g/mol. The van der Waals surface area contributed by atoms with Crippen LogP contribution in [0.1, 0.15) is 12.8 Å². The van der Waals surface area contributed by atoms with Gasteiger partial charge in [-0.2, -0.15) is 0 Å². The number of fused-ring (bicyclic) bond motifs is 1. The fraction of sp³-hybridized carbons (Fsp3) is 0.417. The molecule has 0 aromatic carbocycles. The molecule has 3 rings (SSSR count). The van der Waals surface area contributed by atoms with Crippen LogP contribution in [-0.2, 0) is 7.05 Å². The van der Waals surface area contributed by atoms with E-state index in [0.717, 1.165) is 48.5 Å². The molecule has 6 heteroatoms. The largest absolute Gasteiger partial charge is 0.411 e. The third-order valence-corrected chi connectivity index (χ3v) is 3.41. The second-order valence-electron chi connectivity index (χ2n) is 4.51. The number of anilines is 1. The maximum Gasteiger partial charge on any atom is 0.156 e. The highest BCUT2D eigenvalue weighted by Crippen LogP contribution is 2.24.